The molecule has 0 unspecified atom stereocenters. The minimum absolute atomic E-state index is 0.0421. The molecule has 1 heterocycles. The van der Waals surface area contributed by atoms with Crippen molar-refractivity contribution >= 4 is 17.3 Å². The highest BCUT2D eigenvalue weighted by Gasteiger charge is 2.19. The van der Waals surface area contributed by atoms with Gasteiger partial charge in [-0.15, -0.1) is 0 Å². The molecule has 0 saturated heterocycles. The molecule has 1 N–H and O–H groups in total. The van der Waals surface area contributed by atoms with E-state index < -0.39 is 4.92 Å². The van der Waals surface area contributed by atoms with Crippen LogP contribution in [0.5, 0.6) is 5.75 Å². The summed E-state index contributed by atoms with van der Waals surface area (Å²) in [6, 6.07) is 22.4. The zero-order chi connectivity index (χ0) is 22.7. The first-order valence-electron chi connectivity index (χ1n) is 9.82. The number of nitrogens with zero attached hydrogens (tertiary/aromatic N) is 3. The number of hydrogen-bond acceptors (Lipinski definition) is 5. The van der Waals surface area contributed by atoms with Gasteiger partial charge in [-0.2, -0.15) is 5.10 Å². The van der Waals surface area contributed by atoms with Crippen molar-refractivity contribution in [1.29, 1.82) is 0 Å². The van der Waals surface area contributed by atoms with Crippen LogP contribution in [0.1, 0.15) is 16.1 Å². The Morgan fingerprint density at radius 2 is 1.75 bits per heavy atom. The molecule has 4 rings (SSSR count). The van der Waals surface area contributed by atoms with Crippen LogP contribution < -0.4 is 10.1 Å². The molecular weight excluding hydrogens is 408 g/mol. The Kier molecular flexibility index (Phi) is 5.67. The highest BCUT2D eigenvalue weighted by Crippen LogP contribution is 2.26. The van der Waals surface area contributed by atoms with Gasteiger partial charge in [-0.1, -0.05) is 29.8 Å². The first-order valence-corrected chi connectivity index (χ1v) is 9.82. The van der Waals surface area contributed by atoms with E-state index in [1.165, 1.54) is 16.8 Å². The van der Waals surface area contributed by atoms with Crippen molar-refractivity contribution < 1.29 is 14.5 Å². The fourth-order valence-corrected chi connectivity index (χ4v) is 3.21. The number of carbonyl (C=O) groups is 1. The van der Waals surface area contributed by atoms with Crippen LogP contribution in [-0.4, -0.2) is 27.7 Å². The molecule has 8 nitrogen and oxygen atoms in total. The summed E-state index contributed by atoms with van der Waals surface area (Å²) >= 11 is 0. The predicted molar refractivity (Wildman–Crippen MR) is 121 cm³/mol. The molecule has 0 aliphatic carbocycles. The fourth-order valence-electron chi connectivity index (χ4n) is 3.21. The van der Waals surface area contributed by atoms with E-state index in [-0.39, 0.29) is 17.3 Å². The molecule has 0 bridgehead atoms. The molecule has 8 heteroatoms. The van der Waals surface area contributed by atoms with Gasteiger partial charge in [0.2, 0.25) is 0 Å². The summed E-state index contributed by atoms with van der Waals surface area (Å²) < 4.78 is 6.77. The number of aryl methyl sites for hydroxylation is 1. The minimum atomic E-state index is -0.473. The van der Waals surface area contributed by atoms with Crippen molar-refractivity contribution in [3.8, 4) is 22.7 Å². The summed E-state index contributed by atoms with van der Waals surface area (Å²) in [4.78, 5) is 23.7. The molecule has 1 aromatic heterocycles. The Bertz CT molecular complexity index is 1280. The van der Waals surface area contributed by atoms with E-state index >= 15 is 0 Å². The third-order valence-electron chi connectivity index (χ3n) is 4.92. The average molecular weight is 428 g/mol. The van der Waals surface area contributed by atoms with E-state index in [2.05, 4.69) is 10.4 Å². The first-order chi connectivity index (χ1) is 15.4. The molecule has 0 aliphatic heterocycles. The lowest BCUT2D eigenvalue weighted by atomic mass is 10.1. The maximum atomic E-state index is 13.1. The van der Waals surface area contributed by atoms with E-state index in [0.717, 1.165) is 11.1 Å². The van der Waals surface area contributed by atoms with E-state index in [0.29, 0.717) is 22.8 Å². The minimum Gasteiger partial charge on any atom is -0.497 e. The Hall–Kier alpha value is -4.46. The normalized spacial score (nSPS) is 10.6. The van der Waals surface area contributed by atoms with Crippen LogP contribution in [0.4, 0.5) is 11.4 Å². The van der Waals surface area contributed by atoms with Crippen LogP contribution in [-0.2, 0) is 0 Å². The number of anilines is 1. The third kappa shape index (κ3) is 4.34. The maximum absolute atomic E-state index is 13.1. The first kappa shape index (κ1) is 20.8. The van der Waals surface area contributed by atoms with E-state index in [1.807, 2.05) is 55.5 Å². The Balaban J connectivity index is 1.76. The fraction of sp³-hybridized carbons (Fsp3) is 0.0833. The van der Waals surface area contributed by atoms with Crippen molar-refractivity contribution in [2.45, 2.75) is 6.92 Å². The molecule has 3 aromatic carbocycles. The lowest BCUT2D eigenvalue weighted by molar-refractivity contribution is -0.384. The SMILES string of the molecule is COc1cccc(-c2cc(C(=O)Nc3ccc(C)cc3)n(-c3ccc([N+](=O)[O-])cc3)n2)c1. The predicted octanol–water partition coefficient (Wildman–Crippen LogP) is 5.02. The lowest BCUT2D eigenvalue weighted by Crippen LogP contribution is -2.17. The van der Waals surface area contributed by atoms with Crippen molar-refractivity contribution in [1.82, 2.24) is 9.78 Å². The second-order valence-electron chi connectivity index (χ2n) is 7.15. The van der Waals surface area contributed by atoms with Crippen molar-refractivity contribution in [3.05, 3.63) is 100 Å². The highest BCUT2D eigenvalue weighted by molar-refractivity contribution is 6.04. The Morgan fingerprint density at radius 1 is 1.03 bits per heavy atom. The molecule has 0 saturated carbocycles. The molecule has 160 valence electrons. The molecule has 1 amide bonds. The van der Waals surface area contributed by atoms with Gasteiger partial charge in [0.1, 0.15) is 11.4 Å². The van der Waals surface area contributed by atoms with Crippen LogP contribution >= 0.6 is 0 Å². The number of nitro benzene ring substituents is 1. The number of rotatable bonds is 6. The van der Waals surface area contributed by atoms with Crippen LogP contribution in [0.15, 0.2) is 78.9 Å². The highest BCUT2D eigenvalue weighted by atomic mass is 16.6. The van der Waals surface area contributed by atoms with Crippen molar-refractivity contribution in [2.24, 2.45) is 0 Å². The average Bonchev–Trinajstić information content (AvgIpc) is 3.26. The maximum Gasteiger partial charge on any atom is 0.274 e. The van der Waals surface area contributed by atoms with Gasteiger partial charge in [0.25, 0.3) is 11.6 Å². The quantitative estimate of drug-likeness (QED) is 0.343. The van der Waals surface area contributed by atoms with E-state index in [9.17, 15) is 14.9 Å². The number of aromatic nitrogens is 2. The number of non-ortho nitro benzene ring substituents is 1. The number of hydrogen-bond donors (Lipinski definition) is 1. The second-order valence-corrected chi connectivity index (χ2v) is 7.15. The smallest absolute Gasteiger partial charge is 0.274 e. The molecule has 0 atom stereocenters. The standard InChI is InChI=1S/C24H20N4O4/c1-16-6-8-18(9-7-16)25-24(29)23-15-22(17-4-3-5-21(14-17)32-2)26-27(23)19-10-12-20(13-11-19)28(30)31/h3-15H,1-2H3,(H,25,29). The number of carbonyl (C=O) groups excluding carboxylic acids is 1. The van der Waals surface area contributed by atoms with Crippen molar-refractivity contribution in [3.63, 3.8) is 0 Å². The molecule has 0 fully saturated rings. The molecular formula is C24H20N4O4. The number of amides is 1. The third-order valence-corrected chi connectivity index (χ3v) is 4.92. The van der Waals surface area contributed by atoms with Crippen LogP contribution in [0.2, 0.25) is 0 Å². The number of nitrogens with one attached hydrogen (secondary N) is 1. The summed E-state index contributed by atoms with van der Waals surface area (Å²) in [7, 11) is 1.58. The molecule has 32 heavy (non-hydrogen) atoms. The van der Waals surface area contributed by atoms with Gasteiger partial charge >= 0.3 is 0 Å². The number of nitro groups is 1. The van der Waals surface area contributed by atoms with Gasteiger partial charge < -0.3 is 10.1 Å². The van der Waals surface area contributed by atoms with Gasteiger partial charge in [0.15, 0.2) is 0 Å². The molecule has 0 aliphatic rings. The van der Waals surface area contributed by atoms with Crippen LogP contribution in [0.25, 0.3) is 16.9 Å². The summed E-state index contributed by atoms with van der Waals surface area (Å²) in [6.45, 7) is 1.97. The number of methoxy groups -OCH3 is 1. The summed E-state index contributed by atoms with van der Waals surface area (Å²) in [6.07, 6.45) is 0. The zero-order valence-corrected chi connectivity index (χ0v) is 17.5. The van der Waals surface area contributed by atoms with Crippen LogP contribution in [0, 0.1) is 17.0 Å². The summed E-state index contributed by atoms with van der Waals surface area (Å²) in [5, 5.41) is 18.5. The largest absolute Gasteiger partial charge is 0.497 e. The Morgan fingerprint density at radius 3 is 2.41 bits per heavy atom. The monoisotopic (exact) mass is 428 g/mol. The van der Waals surface area contributed by atoms with Gasteiger partial charge in [-0.3, -0.25) is 14.9 Å². The topological polar surface area (TPSA) is 99.3 Å². The number of benzene rings is 3. The van der Waals surface area contributed by atoms with Crippen LogP contribution in [0.3, 0.4) is 0 Å². The van der Waals surface area contributed by atoms with Gasteiger partial charge in [0.05, 0.1) is 23.4 Å². The van der Waals surface area contributed by atoms with Gasteiger partial charge in [-0.05, 0) is 49.4 Å². The molecule has 0 spiro atoms. The summed E-state index contributed by atoms with van der Waals surface area (Å²) in [5.41, 5.74) is 3.85. The molecule has 0 radical (unpaired) electrons. The second kappa shape index (κ2) is 8.73. The van der Waals surface area contributed by atoms with Gasteiger partial charge in [-0.25, -0.2) is 4.68 Å². The molecule has 4 aromatic rings. The van der Waals surface area contributed by atoms with E-state index in [1.54, 1.807) is 25.3 Å². The van der Waals surface area contributed by atoms with Gasteiger partial charge in [0, 0.05) is 23.4 Å². The lowest BCUT2D eigenvalue weighted by Gasteiger charge is -2.08. The zero-order valence-electron chi connectivity index (χ0n) is 17.5. The number of ether oxygens (including phenoxy) is 1. The summed E-state index contributed by atoms with van der Waals surface area (Å²) in [5.74, 6) is 0.312. The van der Waals surface area contributed by atoms with E-state index in [4.69, 9.17) is 4.74 Å². The van der Waals surface area contributed by atoms with Crippen molar-refractivity contribution in [2.75, 3.05) is 12.4 Å². The Labute approximate surface area is 184 Å².